The summed E-state index contributed by atoms with van der Waals surface area (Å²) in [5.74, 6) is 0.973. The van der Waals surface area contributed by atoms with Gasteiger partial charge in [0.05, 0.1) is 12.0 Å². The van der Waals surface area contributed by atoms with Gasteiger partial charge in [-0.1, -0.05) is 6.92 Å². The molecule has 2 atom stereocenters. The summed E-state index contributed by atoms with van der Waals surface area (Å²) in [5, 5.41) is 0. The number of carbonyl (C=O) groups is 2. The molecule has 23 heavy (non-hydrogen) atoms. The first kappa shape index (κ1) is 16.0. The second-order valence-corrected chi connectivity index (χ2v) is 6.50. The summed E-state index contributed by atoms with van der Waals surface area (Å²) in [7, 11) is 3.75. The Balaban J connectivity index is 1.74. The lowest BCUT2D eigenvalue weighted by molar-refractivity contribution is -0.139. The van der Waals surface area contributed by atoms with Crippen molar-refractivity contribution < 1.29 is 9.59 Å². The number of hydrogen-bond acceptors (Lipinski definition) is 4. The molecule has 2 saturated heterocycles. The molecule has 2 aliphatic heterocycles. The smallest absolute Gasteiger partial charge is 0.228 e. The molecule has 2 aliphatic rings. The van der Waals surface area contributed by atoms with Gasteiger partial charge in [-0.05, 0) is 6.54 Å². The van der Waals surface area contributed by atoms with E-state index in [0.717, 1.165) is 25.5 Å². The summed E-state index contributed by atoms with van der Waals surface area (Å²) in [4.78, 5) is 34.9. The van der Waals surface area contributed by atoms with Crippen LogP contribution in [0, 0.1) is 5.92 Å². The molecule has 1 aromatic rings. The van der Waals surface area contributed by atoms with Crippen LogP contribution < -0.4 is 0 Å². The molecule has 0 unspecified atom stereocenters. The van der Waals surface area contributed by atoms with Gasteiger partial charge in [0.1, 0.15) is 5.82 Å². The molecule has 7 nitrogen and oxygen atoms in total. The molecule has 0 bridgehead atoms. The van der Waals surface area contributed by atoms with E-state index in [9.17, 15) is 9.59 Å². The van der Waals surface area contributed by atoms with Crippen LogP contribution >= 0.6 is 0 Å². The van der Waals surface area contributed by atoms with Crippen molar-refractivity contribution in [2.24, 2.45) is 13.0 Å². The monoisotopic (exact) mass is 319 g/mol. The predicted octanol–water partition coefficient (Wildman–Crippen LogP) is 0.104. The number of aromatic nitrogens is 2. The number of piperazine rings is 1. The highest BCUT2D eigenvalue weighted by atomic mass is 16.2. The summed E-state index contributed by atoms with van der Waals surface area (Å²) in [6, 6.07) is 0.118. The van der Waals surface area contributed by atoms with Crippen LogP contribution in [-0.4, -0.2) is 75.8 Å². The van der Waals surface area contributed by atoms with Crippen molar-refractivity contribution in [3.8, 4) is 0 Å². The van der Waals surface area contributed by atoms with Gasteiger partial charge in [0.15, 0.2) is 0 Å². The van der Waals surface area contributed by atoms with Gasteiger partial charge in [0, 0.05) is 59.1 Å². The second-order valence-electron chi connectivity index (χ2n) is 6.50. The maximum Gasteiger partial charge on any atom is 0.228 e. The summed E-state index contributed by atoms with van der Waals surface area (Å²) >= 11 is 0. The molecule has 0 spiro atoms. The standard InChI is InChI=1S/C16H25N5O2/c1-4-20-7-8-21(11-13(20)15-17-5-6-18(15)2)16(23)12-9-14(22)19(3)10-12/h5-6,12-13H,4,7-11H2,1-3H3/t12-,13-/m0/s1. The number of rotatable bonds is 3. The van der Waals surface area contributed by atoms with Crippen molar-refractivity contribution in [3.63, 3.8) is 0 Å². The van der Waals surface area contributed by atoms with Crippen LogP contribution in [0.25, 0.3) is 0 Å². The van der Waals surface area contributed by atoms with Crippen molar-refractivity contribution in [2.75, 3.05) is 39.8 Å². The zero-order chi connectivity index (χ0) is 16.6. The molecule has 0 saturated carbocycles. The van der Waals surface area contributed by atoms with Crippen LogP contribution in [-0.2, 0) is 16.6 Å². The highest BCUT2D eigenvalue weighted by Gasteiger charge is 2.38. The minimum absolute atomic E-state index is 0.0659. The molecule has 0 aliphatic carbocycles. The first-order valence-electron chi connectivity index (χ1n) is 8.25. The van der Waals surface area contributed by atoms with Crippen molar-refractivity contribution in [1.82, 2.24) is 24.3 Å². The fraction of sp³-hybridized carbons (Fsp3) is 0.688. The van der Waals surface area contributed by atoms with Crippen molar-refractivity contribution in [1.29, 1.82) is 0 Å². The molecular weight excluding hydrogens is 294 g/mol. The zero-order valence-electron chi connectivity index (χ0n) is 14.1. The first-order valence-corrected chi connectivity index (χ1v) is 8.25. The van der Waals surface area contributed by atoms with Gasteiger partial charge < -0.3 is 14.4 Å². The topological polar surface area (TPSA) is 61.7 Å². The number of nitrogens with zero attached hydrogens (tertiary/aromatic N) is 5. The molecule has 0 aromatic carbocycles. The van der Waals surface area contributed by atoms with E-state index >= 15 is 0 Å². The number of aryl methyl sites for hydroxylation is 1. The number of likely N-dealkylation sites (N-methyl/N-ethyl adjacent to an activating group) is 1. The summed E-state index contributed by atoms with van der Waals surface area (Å²) in [6.07, 6.45) is 4.08. The lowest BCUT2D eigenvalue weighted by atomic mass is 10.0. The van der Waals surface area contributed by atoms with Gasteiger partial charge in [0.2, 0.25) is 11.8 Å². The Kier molecular flexibility index (Phi) is 4.39. The lowest BCUT2D eigenvalue weighted by Crippen LogP contribution is -2.52. The number of hydrogen-bond donors (Lipinski definition) is 0. The van der Waals surface area contributed by atoms with Gasteiger partial charge in [-0.15, -0.1) is 0 Å². The van der Waals surface area contributed by atoms with Gasteiger partial charge in [-0.25, -0.2) is 4.98 Å². The molecule has 3 rings (SSSR count). The number of likely N-dealkylation sites (tertiary alicyclic amines) is 1. The minimum atomic E-state index is -0.192. The van der Waals surface area contributed by atoms with E-state index in [2.05, 4.69) is 16.8 Å². The van der Waals surface area contributed by atoms with Crippen molar-refractivity contribution in [3.05, 3.63) is 18.2 Å². The number of imidazole rings is 1. The van der Waals surface area contributed by atoms with Gasteiger partial charge in [-0.2, -0.15) is 0 Å². The largest absolute Gasteiger partial charge is 0.345 e. The quantitative estimate of drug-likeness (QED) is 0.793. The Morgan fingerprint density at radius 1 is 1.30 bits per heavy atom. The molecule has 2 fully saturated rings. The molecule has 1 aromatic heterocycles. The van der Waals surface area contributed by atoms with E-state index in [-0.39, 0.29) is 23.8 Å². The summed E-state index contributed by atoms with van der Waals surface area (Å²) < 4.78 is 2.02. The molecular formula is C16H25N5O2. The van der Waals surface area contributed by atoms with Crippen LogP contribution in [0.5, 0.6) is 0 Å². The third kappa shape index (κ3) is 2.97. The second kappa shape index (κ2) is 6.31. The van der Waals surface area contributed by atoms with Crippen LogP contribution in [0.15, 0.2) is 12.4 Å². The Labute approximate surface area is 136 Å². The highest BCUT2D eigenvalue weighted by Crippen LogP contribution is 2.26. The van der Waals surface area contributed by atoms with Gasteiger partial charge >= 0.3 is 0 Å². The van der Waals surface area contributed by atoms with E-state index < -0.39 is 0 Å². The summed E-state index contributed by atoms with van der Waals surface area (Å²) in [6.45, 7) is 5.82. The van der Waals surface area contributed by atoms with E-state index in [0.29, 0.717) is 19.5 Å². The maximum absolute atomic E-state index is 12.8. The first-order chi connectivity index (χ1) is 11.0. The Bertz CT molecular complexity index is 599. The van der Waals surface area contributed by atoms with Gasteiger partial charge in [0.25, 0.3) is 0 Å². The predicted molar refractivity (Wildman–Crippen MR) is 85.5 cm³/mol. The molecule has 2 amide bonds. The third-order valence-electron chi connectivity index (χ3n) is 5.06. The van der Waals surface area contributed by atoms with Crippen LogP contribution in [0.2, 0.25) is 0 Å². The Morgan fingerprint density at radius 3 is 2.65 bits per heavy atom. The zero-order valence-corrected chi connectivity index (χ0v) is 14.1. The van der Waals surface area contributed by atoms with Crippen LogP contribution in [0.3, 0.4) is 0 Å². The molecule has 0 N–H and O–H groups in total. The van der Waals surface area contributed by atoms with Crippen molar-refractivity contribution in [2.45, 2.75) is 19.4 Å². The molecule has 3 heterocycles. The van der Waals surface area contributed by atoms with Gasteiger partial charge in [-0.3, -0.25) is 14.5 Å². The average Bonchev–Trinajstić information content (AvgIpc) is 3.12. The van der Waals surface area contributed by atoms with E-state index in [4.69, 9.17) is 0 Å². The third-order valence-corrected chi connectivity index (χ3v) is 5.06. The lowest BCUT2D eigenvalue weighted by Gasteiger charge is -2.41. The van der Waals surface area contributed by atoms with Crippen molar-refractivity contribution >= 4 is 11.8 Å². The number of carbonyl (C=O) groups excluding carboxylic acids is 2. The molecule has 126 valence electrons. The molecule has 0 radical (unpaired) electrons. The fourth-order valence-electron chi connectivity index (χ4n) is 3.63. The normalized spacial score (nSPS) is 26.1. The van der Waals surface area contributed by atoms with Crippen LogP contribution in [0.1, 0.15) is 25.2 Å². The molecule has 7 heteroatoms. The Morgan fingerprint density at radius 2 is 2.09 bits per heavy atom. The summed E-state index contributed by atoms with van der Waals surface area (Å²) in [5.41, 5.74) is 0. The SMILES string of the molecule is CCN1CCN(C(=O)[C@H]2CC(=O)N(C)C2)C[C@H]1c1nccn1C. The average molecular weight is 319 g/mol. The maximum atomic E-state index is 12.8. The highest BCUT2D eigenvalue weighted by molar-refractivity contribution is 5.89. The van der Waals surface area contributed by atoms with E-state index in [1.807, 2.05) is 22.7 Å². The van der Waals surface area contributed by atoms with Crippen LogP contribution in [0.4, 0.5) is 0 Å². The van der Waals surface area contributed by atoms with E-state index in [1.54, 1.807) is 18.1 Å². The number of amides is 2. The van der Waals surface area contributed by atoms with E-state index in [1.165, 1.54) is 0 Å². The Hall–Kier alpha value is -1.89. The minimum Gasteiger partial charge on any atom is -0.345 e. The fourth-order valence-corrected chi connectivity index (χ4v) is 3.63.